The maximum atomic E-state index is 13.8. The van der Waals surface area contributed by atoms with Crippen molar-refractivity contribution in [1.29, 1.82) is 0 Å². The number of anilines is 1. The van der Waals surface area contributed by atoms with Crippen LogP contribution in [-0.2, 0) is 29.1 Å². The Labute approximate surface area is 208 Å². The van der Waals surface area contributed by atoms with E-state index in [9.17, 15) is 18.8 Å². The highest BCUT2D eigenvalue weighted by Gasteiger charge is 2.13. The van der Waals surface area contributed by atoms with Crippen molar-refractivity contribution in [3.05, 3.63) is 87.7 Å². The van der Waals surface area contributed by atoms with Gasteiger partial charge in [0.15, 0.2) is 12.4 Å². The molecule has 0 bridgehead atoms. The van der Waals surface area contributed by atoms with E-state index < -0.39 is 17.3 Å². The molecule has 0 aliphatic rings. The van der Waals surface area contributed by atoms with E-state index in [-0.39, 0.29) is 37.2 Å². The van der Waals surface area contributed by atoms with E-state index in [0.717, 1.165) is 5.56 Å². The summed E-state index contributed by atoms with van der Waals surface area (Å²) >= 11 is 0. The predicted molar refractivity (Wildman–Crippen MR) is 134 cm³/mol. The van der Waals surface area contributed by atoms with Crippen molar-refractivity contribution in [2.24, 2.45) is 0 Å². The fourth-order valence-corrected chi connectivity index (χ4v) is 3.47. The lowest BCUT2D eigenvalue weighted by Crippen LogP contribution is -2.35. The van der Waals surface area contributed by atoms with Crippen LogP contribution < -0.4 is 26.2 Å². The first-order chi connectivity index (χ1) is 17.4. The Bertz CT molecular complexity index is 1250. The minimum absolute atomic E-state index is 0.0393. The minimum atomic E-state index is -0.503. The van der Waals surface area contributed by atoms with Gasteiger partial charge in [-0.15, -0.1) is 0 Å². The van der Waals surface area contributed by atoms with E-state index in [2.05, 4.69) is 20.9 Å². The Morgan fingerprint density at radius 3 is 2.61 bits per heavy atom. The summed E-state index contributed by atoms with van der Waals surface area (Å²) in [7, 11) is 0. The van der Waals surface area contributed by atoms with Crippen molar-refractivity contribution < 1.29 is 18.7 Å². The molecule has 3 aromatic rings. The fourth-order valence-electron chi connectivity index (χ4n) is 3.47. The third kappa shape index (κ3) is 7.66. The second kappa shape index (κ2) is 13.0. The van der Waals surface area contributed by atoms with Gasteiger partial charge in [-0.25, -0.2) is 9.37 Å². The van der Waals surface area contributed by atoms with Crippen molar-refractivity contribution in [2.75, 3.05) is 25.0 Å². The second-order valence-electron chi connectivity index (χ2n) is 8.07. The number of aromatic nitrogens is 2. The van der Waals surface area contributed by atoms with Crippen LogP contribution in [0.1, 0.15) is 23.7 Å². The zero-order valence-electron chi connectivity index (χ0n) is 20.3. The maximum absolute atomic E-state index is 13.8. The van der Waals surface area contributed by atoms with Gasteiger partial charge >= 0.3 is 0 Å². The second-order valence-corrected chi connectivity index (χ2v) is 8.07. The van der Waals surface area contributed by atoms with Crippen LogP contribution in [0.3, 0.4) is 0 Å². The summed E-state index contributed by atoms with van der Waals surface area (Å²) in [5.74, 6) is -0.809. The molecule has 2 amide bonds. The SMILES string of the molecule is CCNC(=O)COc1ccc(F)cc1CNC(=O)Cn1c(C)cnc(NCCc2ccccc2)c1=O. The molecule has 9 nitrogen and oxygen atoms in total. The number of likely N-dealkylation sites (N-methyl/N-ethyl adjacent to an activating group) is 1. The molecule has 0 saturated heterocycles. The van der Waals surface area contributed by atoms with Gasteiger partial charge in [0.2, 0.25) is 5.91 Å². The minimum Gasteiger partial charge on any atom is -0.483 e. The number of nitrogens with zero attached hydrogens (tertiary/aromatic N) is 2. The van der Waals surface area contributed by atoms with Gasteiger partial charge in [-0.05, 0) is 44.0 Å². The number of hydrogen-bond acceptors (Lipinski definition) is 6. The van der Waals surface area contributed by atoms with Crippen LogP contribution in [0.25, 0.3) is 0 Å². The average molecular weight is 496 g/mol. The van der Waals surface area contributed by atoms with Gasteiger partial charge < -0.3 is 20.7 Å². The summed E-state index contributed by atoms with van der Waals surface area (Å²) in [5.41, 5.74) is 1.62. The van der Waals surface area contributed by atoms with Gasteiger partial charge in [0.05, 0.1) is 0 Å². The number of carbonyl (C=O) groups is 2. The highest BCUT2D eigenvalue weighted by molar-refractivity contribution is 5.77. The van der Waals surface area contributed by atoms with Gasteiger partial charge in [-0.1, -0.05) is 30.3 Å². The zero-order valence-corrected chi connectivity index (χ0v) is 20.3. The lowest BCUT2D eigenvalue weighted by atomic mass is 10.1. The van der Waals surface area contributed by atoms with Crippen molar-refractivity contribution in [3.63, 3.8) is 0 Å². The molecule has 3 rings (SSSR count). The number of ether oxygens (including phenoxy) is 1. The summed E-state index contributed by atoms with van der Waals surface area (Å²) in [6.45, 7) is 3.96. The predicted octanol–water partition coefficient (Wildman–Crippen LogP) is 2.18. The molecular formula is C26H30FN5O4. The summed E-state index contributed by atoms with van der Waals surface area (Å²) < 4.78 is 20.6. The van der Waals surface area contributed by atoms with Crippen LogP contribution in [-0.4, -0.2) is 41.1 Å². The van der Waals surface area contributed by atoms with E-state index in [1.165, 1.54) is 29.0 Å². The van der Waals surface area contributed by atoms with Gasteiger partial charge in [0, 0.05) is 37.1 Å². The van der Waals surface area contributed by atoms with Crippen molar-refractivity contribution in [1.82, 2.24) is 20.2 Å². The molecule has 190 valence electrons. The van der Waals surface area contributed by atoms with Gasteiger partial charge in [-0.2, -0.15) is 0 Å². The molecule has 1 aromatic heterocycles. The molecule has 0 fully saturated rings. The first-order valence-electron chi connectivity index (χ1n) is 11.7. The van der Waals surface area contributed by atoms with Crippen molar-refractivity contribution in [2.45, 2.75) is 33.4 Å². The Kier molecular flexibility index (Phi) is 9.56. The number of hydrogen-bond donors (Lipinski definition) is 3. The molecule has 2 aromatic carbocycles. The quantitative estimate of drug-likeness (QED) is 0.355. The number of carbonyl (C=O) groups excluding carboxylic acids is 2. The zero-order chi connectivity index (χ0) is 25.9. The maximum Gasteiger partial charge on any atom is 0.293 e. The topological polar surface area (TPSA) is 114 Å². The number of nitrogens with one attached hydrogen (secondary N) is 3. The lowest BCUT2D eigenvalue weighted by Gasteiger charge is -2.14. The van der Waals surface area contributed by atoms with E-state index in [0.29, 0.717) is 30.8 Å². The standard InChI is InChI=1S/C26H30FN5O4/c1-3-28-24(34)17-36-22-10-9-21(27)13-20(22)15-30-23(33)16-32-18(2)14-31-25(26(32)35)29-12-11-19-7-5-4-6-8-19/h4-10,13-14H,3,11-12,15-17H2,1-2H3,(H,28,34)(H,29,31)(H,30,33). The largest absolute Gasteiger partial charge is 0.483 e. The molecule has 10 heteroatoms. The van der Waals surface area contributed by atoms with E-state index in [1.54, 1.807) is 13.8 Å². The van der Waals surface area contributed by atoms with Gasteiger partial charge in [-0.3, -0.25) is 19.0 Å². The normalized spacial score (nSPS) is 10.5. The number of halogens is 1. The summed E-state index contributed by atoms with van der Waals surface area (Å²) in [4.78, 5) is 41.4. The average Bonchev–Trinajstić information content (AvgIpc) is 2.87. The fraction of sp³-hybridized carbons (Fsp3) is 0.308. The Hall–Kier alpha value is -4.21. The van der Waals surface area contributed by atoms with Crippen LogP contribution in [0.2, 0.25) is 0 Å². The third-order valence-corrected chi connectivity index (χ3v) is 5.34. The van der Waals surface area contributed by atoms with Crippen LogP contribution in [0, 0.1) is 12.7 Å². The van der Waals surface area contributed by atoms with Gasteiger partial charge in [0.1, 0.15) is 18.1 Å². The molecule has 0 aliphatic carbocycles. The van der Waals surface area contributed by atoms with Crippen LogP contribution in [0.5, 0.6) is 5.75 Å². The molecule has 0 saturated carbocycles. The molecule has 0 unspecified atom stereocenters. The number of benzene rings is 2. The monoisotopic (exact) mass is 495 g/mol. The van der Waals surface area contributed by atoms with Crippen LogP contribution in [0.15, 0.2) is 59.5 Å². The first kappa shape index (κ1) is 26.4. The molecule has 0 aliphatic heterocycles. The molecule has 0 radical (unpaired) electrons. The Morgan fingerprint density at radius 2 is 1.86 bits per heavy atom. The van der Waals surface area contributed by atoms with Crippen LogP contribution >= 0.6 is 0 Å². The van der Waals surface area contributed by atoms with E-state index >= 15 is 0 Å². The molecule has 0 atom stereocenters. The number of aryl methyl sites for hydroxylation is 1. The van der Waals surface area contributed by atoms with Crippen molar-refractivity contribution in [3.8, 4) is 5.75 Å². The summed E-state index contributed by atoms with van der Waals surface area (Å²) in [6, 6.07) is 13.7. The Morgan fingerprint density at radius 1 is 1.08 bits per heavy atom. The summed E-state index contributed by atoms with van der Waals surface area (Å²) in [6.07, 6.45) is 2.24. The first-order valence-corrected chi connectivity index (χ1v) is 11.7. The van der Waals surface area contributed by atoms with E-state index in [4.69, 9.17) is 4.74 Å². The molecular weight excluding hydrogens is 465 g/mol. The molecule has 36 heavy (non-hydrogen) atoms. The Balaban J connectivity index is 1.61. The summed E-state index contributed by atoms with van der Waals surface area (Å²) in [5, 5.41) is 8.33. The van der Waals surface area contributed by atoms with Crippen molar-refractivity contribution >= 4 is 17.6 Å². The molecule has 0 spiro atoms. The number of amides is 2. The highest BCUT2D eigenvalue weighted by atomic mass is 19.1. The highest BCUT2D eigenvalue weighted by Crippen LogP contribution is 2.19. The third-order valence-electron chi connectivity index (χ3n) is 5.34. The molecule has 1 heterocycles. The van der Waals surface area contributed by atoms with Crippen LogP contribution in [0.4, 0.5) is 10.2 Å². The van der Waals surface area contributed by atoms with E-state index in [1.807, 2.05) is 30.3 Å². The molecule has 3 N–H and O–H groups in total. The van der Waals surface area contributed by atoms with Gasteiger partial charge in [0.25, 0.3) is 11.5 Å². The number of rotatable bonds is 12. The smallest absolute Gasteiger partial charge is 0.293 e. The lowest BCUT2D eigenvalue weighted by molar-refractivity contribution is -0.123.